The van der Waals surface area contributed by atoms with Crippen molar-refractivity contribution in [1.82, 2.24) is 0 Å². The largest absolute Gasteiger partial charge is 0.418 e. The molecule has 0 aromatic heterocycles. The molecule has 2 rings (SSSR count). The van der Waals surface area contributed by atoms with Crippen molar-refractivity contribution in [2.24, 2.45) is 5.41 Å². The van der Waals surface area contributed by atoms with E-state index >= 15 is 0 Å². The quantitative estimate of drug-likeness (QED) is 0.706. The molecule has 0 aliphatic heterocycles. The van der Waals surface area contributed by atoms with E-state index in [1.54, 1.807) is 0 Å². The molecule has 1 aliphatic carbocycles. The summed E-state index contributed by atoms with van der Waals surface area (Å²) in [7, 11) is 0. The maximum atomic E-state index is 13.0. The summed E-state index contributed by atoms with van der Waals surface area (Å²) in [6, 6.07) is 4.19. The van der Waals surface area contributed by atoms with Gasteiger partial charge < -0.3 is 5.32 Å². The van der Waals surface area contributed by atoms with Crippen molar-refractivity contribution in [2.75, 3.05) is 5.32 Å². The van der Waals surface area contributed by atoms with E-state index in [2.05, 4.69) is 35.1 Å². The molecule has 5 heteroatoms. The molecule has 0 spiro atoms. The molecule has 1 saturated carbocycles. The standard InChI is InChI=1S/C15H19BrF3N/c1-14(2)7-5-11(6-8-14)20-13-9-10(16)3-4-12(13)15(17,18)19/h3-4,9,11,20H,5-8H2,1-2H3. The second-order valence-corrected chi connectivity index (χ2v) is 7.19. The maximum absolute atomic E-state index is 13.0. The zero-order chi connectivity index (χ0) is 15.0. The van der Waals surface area contributed by atoms with Gasteiger partial charge in [-0.05, 0) is 49.3 Å². The first-order valence-electron chi connectivity index (χ1n) is 6.81. The molecule has 1 aromatic carbocycles. The Morgan fingerprint density at radius 1 is 1.20 bits per heavy atom. The first-order valence-corrected chi connectivity index (χ1v) is 7.60. The van der Waals surface area contributed by atoms with Crippen molar-refractivity contribution in [1.29, 1.82) is 0 Å². The van der Waals surface area contributed by atoms with Gasteiger partial charge in [0, 0.05) is 16.2 Å². The first kappa shape index (κ1) is 15.7. The van der Waals surface area contributed by atoms with Crippen LogP contribution in [-0.2, 0) is 6.18 Å². The van der Waals surface area contributed by atoms with Crippen LogP contribution in [0, 0.1) is 5.41 Å². The molecule has 0 heterocycles. The van der Waals surface area contributed by atoms with Crippen LogP contribution in [0.2, 0.25) is 0 Å². The van der Waals surface area contributed by atoms with Crippen LogP contribution in [0.1, 0.15) is 45.1 Å². The van der Waals surface area contributed by atoms with Gasteiger partial charge in [-0.25, -0.2) is 0 Å². The van der Waals surface area contributed by atoms with Crippen LogP contribution in [0.5, 0.6) is 0 Å². The Kier molecular flexibility index (Phi) is 4.38. The van der Waals surface area contributed by atoms with Gasteiger partial charge in [0.05, 0.1) is 5.56 Å². The SMILES string of the molecule is CC1(C)CCC(Nc2cc(Br)ccc2C(F)(F)F)CC1. The lowest BCUT2D eigenvalue weighted by molar-refractivity contribution is -0.137. The monoisotopic (exact) mass is 349 g/mol. The second kappa shape index (κ2) is 5.58. The van der Waals surface area contributed by atoms with Crippen LogP contribution in [0.15, 0.2) is 22.7 Å². The van der Waals surface area contributed by atoms with Gasteiger partial charge >= 0.3 is 6.18 Å². The fourth-order valence-corrected chi connectivity index (χ4v) is 3.01. The Morgan fingerprint density at radius 3 is 2.35 bits per heavy atom. The Morgan fingerprint density at radius 2 is 1.80 bits per heavy atom. The van der Waals surface area contributed by atoms with Crippen LogP contribution in [0.4, 0.5) is 18.9 Å². The highest BCUT2D eigenvalue weighted by atomic mass is 79.9. The molecular weight excluding hydrogens is 331 g/mol. The molecule has 1 aliphatic rings. The molecular formula is C15H19BrF3N. The maximum Gasteiger partial charge on any atom is 0.418 e. The van der Waals surface area contributed by atoms with Crippen LogP contribution in [-0.4, -0.2) is 6.04 Å². The van der Waals surface area contributed by atoms with Crippen molar-refractivity contribution >= 4 is 21.6 Å². The average Bonchev–Trinajstić information content (AvgIpc) is 2.30. The third-order valence-corrected chi connectivity index (χ3v) is 4.48. The lowest BCUT2D eigenvalue weighted by Gasteiger charge is -2.35. The Hall–Kier alpha value is -0.710. The number of hydrogen-bond acceptors (Lipinski definition) is 1. The first-order chi connectivity index (χ1) is 9.17. The predicted octanol–water partition coefficient (Wildman–Crippen LogP) is 5.85. The predicted molar refractivity (Wildman–Crippen MR) is 78.8 cm³/mol. The Bertz CT molecular complexity index is 472. The van der Waals surface area contributed by atoms with Crippen molar-refractivity contribution in [3.05, 3.63) is 28.2 Å². The van der Waals surface area contributed by atoms with E-state index in [1.165, 1.54) is 12.1 Å². The minimum Gasteiger partial charge on any atom is -0.382 e. The summed E-state index contributed by atoms with van der Waals surface area (Å²) in [6.07, 6.45) is -0.412. The number of hydrogen-bond donors (Lipinski definition) is 1. The summed E-state index contributed by atoms with van der Waals surface area (Å²) in [6.45, 7) is 4.42. The van der Waals surface area contributed by atoms with Crippen molar-refractivity contribution < 1.29 is 13.2 Å². The molecule has 0 bridgehead atoms. The molecule has 0 atom stereocenters. The highest BCUT2D eigenvalue weighted by Crippen LogP contribution is 2.39. The molecule has 20 heavy (non-hydrogen) atoms. The molecule has 0 amide bonds. The number of benzene rings is 1. The lowest BCUT2D eigenvalue weighted by Crippen LogP contribution is -2.30. The van der Waals surface area contributed by atoms with Crippen molar-refractivity contribution in [2.45, 2.75) is 51.7 Å². The lowest BCUT2D eigenvalue weighted by atomic mass is 9.75. The van der Waals surface area contributed by atoms with Gasteiger partial charge in [-0.15, -0.1) is 0 Å². The number of rotatable bonds is 2. The molecule has 0 unspecified atom stereocenters. The van der Waals surface area contributed by atoms with E-state index in [4.69, 9.17) is 0 Å². The van der Waals surface area contributed by atoms with Gasteiger partial charge in [0.15, 0.2) is 0 Å². The van der Waals surface area contributed by atoms with E-state index in [0.717, 1.165) is 31.7 Å². The summed E-state index contributed by atoms with van der Waals surface area (Å²) in [4.78, 5) is 0. The third kappa shape index (κ3) is 3.90. The minimum absolute atomic E-state index is 0.124. The van der Waals surface area contributed by atoms with Gasteiger partial charge in [-0.1, -0.05) is 29.8 Å². The smallest absolute Gasteiger partial charge is 0.382 e. The highest BCUT2D eigenvalue weighted by Gasteiger charge is 2.34. The minimum atomic E-state index is -4.32. The Balaban J connectivity index is 2.15. The summed E-state index contributed by atoms with van der Waals surface area (Å²) in [5, 5.41) is 3.08. The van der Waals surface area contributed by atoms with Gasteiger partial charge in [0.1, 0.15) is 0 Å². The van der Waals surface area contributed by atoms with Crippen LogP contribution >= 0.6 is 15.9 Å². The fraction of sp³-hybridized carbons (Fsp3) is 0.600. The van der Waals surface area contributed by atoms with Crippen LogP contribution in [0.3, 0.4) is 0 Å². The molecule has 1 N–H and O–H groups in total. The van der Waals surface area contributed by atoms with E-state index in [9.17, 15) is 13.2 Å². The summed E-state index contributed by atoms with van der Waals surface area (Å²) in [5.41, 5.74) is -0.107. The van der Waals surface area contributed by atoms with Gasteiger partial charge in [0.25, 0.3) is 0 Å². The molecule has 0 radical (unpaired) electrons. The average molecular weight is 350 g/mol. The van der Waals surface area contributed by atoms with E-state index in [0.29, 0.717) is 9.89 Å². The highest BCUT2D eigenvalue weighted by molar-refractivity contribution is 9.10. The number of halogens is 4. The molecule has 0 saturated heterocycles. The van der Waals surface area contributed by atoms with Crippen molar-refractivity contribution in [3.63, 3.8) is 0 Å². The van der Waals surface area contributed by atoms with Gasteiger partial charge in [0.2, 0.25) is 0 Å². The molecule has 112 valence electrons. The Labute approximate surface area is 126 Å². The zero-order valence-electron chi connectivity index (χ0n) is 11.6. The number of nitrogens with one attached hydrogen (secondary N) is 1. The summed E-state index contributed by atoms with van der Waals surface area (Å²) in [5.74, 6) is 0. The number of anilines is 1. The summed E-state index contributed by atoms with van der Waals surface area (Å²) >= 11 is 3.24. The molecule has 1 fully saturated rings. The second-order valence-electron chi connectivity index (χ2n) is 6.27. The molecule has 1 aromatic rings. The van der Waals surface area contributed by atoms with Crippen LogP contribution in [0.25, 0.3) is 0 Å². The fourth-order valence-electron chi connectivity index (χ4n) is 2.65. The zero-order valence-corrected chi connectivity index (χ0v) is 13.2. The van der Waals surface area contributed by atoms with E-state index in [-0.39, 0.29) is 11.7 Å². The normalized spacial score (nSPS) is 19.9. The van der Waals surface area contributed by atoms with Crippen LogP contribution < -0.4 is 5.32 Å². The number of alkyl halides is 3. The topological polar surface area (TPSA) is 12.0 Å². The van der Waals surface area contributed by atoms with Gasteiger partial charge in [-0.2, -0.15) is 13.2 Å². The van der Waals surface area contributed by atoms with Gasteiger partial charge in [-0.3, -0.25) is 0 Å². The molecule has 1 nitrogen and oxygen atoms in total. The van der Waals surface area contributed by atoms with Crippen molar-refractivity contribution in [3.8, 4) is 0 Å². The van der Waals surface area contributed by atoms with E-state index in [1.807, 2.05) is 0 Å². The van der Waals surface area contributed by atoms with E-state index < -0.39 is 11.7 Å². The third-order valence-electron chi connectivity index (χ3n) is 3.99. The summed E-state index contributed by atoms with van der Waals surface area (Å²) < 4.78 is 39.7.